The minimum Gasteiger partial charge on any atom is -0.358 e. The normalized spacial score (nSPS) is 10.2. The fraction of sp³-hybridized carbons (Fsp3) is 0.600. The zero-order valence-corrected chi connectivity index (χ0v) is 10.00. The van der Waals surface area contributed by atoms with Crippen molar-refractivity contribution in [3.63, 3.8) is 0 Å². The van der Waals surface area contributed by atoms with Gasteiger partial charge in [-0.05, 0) is 11.3 Å². The number of carbonyl (C=O) groups is 1. The molecular weight excluding hydrogens is 224 g/mol. The van der Waals surface area contributed by atoms with Gasteiger partial charge in [0, 0.05) is 13.6 Å². The Labute approximate surface area is 99.2 Å². The van der Waals surface area contributed by atoms with Gasteiger partial charge in [-0.25, -0.2) is 0 Å². The van der Waals surface area contributed by atoms with Crippen molar-refractivity contribution in [3.05, 3.63) is 22.4 Å². The molecule has 17 heavy (non-hydrogen) atoms. The van der Waals surface area contributed by atoms with Crippen LogP contribution in [-0.2, 0) is 11.3 Å². The van der Waals surface area contributed by atoms with Gasteiger partial charge >= 0.3 is 5.82 Å². The van der Waals surface area contributed by atoms with E-state index < -0.39 is 4.92 Å². The first kappa shape index (κ1) is 13.1. The van der Waals surface area contributed by atoms with Gasteiger partial charge in [0.1, 0.15) is 6.54 Å². The van der Waals surface area contributed by atoms with Gasteiger partial charge < -0.3 is 15.0 Å². The highest BCUT2D eigenvalue weighted by molar-refractivity contribution is 5.75. The molecule has 0 N–H and O–H groups in total. The lowest BCUT2D eigenvalue weighted by atomic mass is 10.3. The van der Waals surface area contributed by atoms with Crippen molar-refractivity contribution >= 4 is 11.7 Å². The Morgan fingerprint density at radius 1 is 1.65 bits per heavy atom. The van der Waals surface area contributed by atoms with E-state index in [1.165, 1.54) is 16.9 Å². The van der Waals surface area contributed by atoms with E-state index in [-0.39, 0.29) is 18.3 Å². The number of carbonyl (C=O) groups excluding carboxylic acids is 1. The van der Waals surface area contributed by atoms with Crippen LogP contribution in [0.2, 0.25) is 0 Å². The van der Waals surface area contributed by atoms with Crippen LogP contribution in [0.25, 0.3) is 0 Å². The summed E-state index contributed by atoms with van der Waals surface area (Å²) in [7, 11) is 1.72. The predicted octanol–water partition coefficient (Wildman–Crippen LogP) is 1.05. The smallest absolute Gasteiger partial charge is 0.358 e. The summed E-state index contributed by atoms with van der Waals surface area (Å²) in [6.07, 6.45) is 3.40. The van der Waals surface area contributed by atoms with E-state index in [1.54, 1.807) is 11.9 Å². The minimum absolute atomic E-state index is 0.0358. The number of nitrogens with zero attached hydrogens (tertiary/aromatic N) is 4. The molecule has 1 amide bonds. The summed E-state index contributed by atoms with van der Waals surface area (Å²) in [5.41, 5.74) is 0. The first-order valence-corrected chi connectivity index (χ1v) is 5.46. The number of amides is 1. The van der Waals surface area contributed by atoms with Crippen molar-refractivity contribution in [3.8, 4) is 0 Å². The summed E-state index contributed by atoms with van der Waals surface area (Å²) < 4.78 is 1.28. The Morgan fingerprint density at radius 2 is 2.35 bits per heavy atom. The number of likely N-dealkylation sites (N-methyl/N-ethyl adjacent to an activating group) is 1. The molecule has 0 fully saturated rings. The second-order valence-corrected chi connectivity index (χ2v) is 3.80. The number of hydrogen-bond donors (Lipinski definition) is 0. The molecule has 0 unspecified atom stereocenters. The number of unbranched alkanes of at least 4 members (excludes halogenated alkanes) is 1. The Bertz CT molecular complexity index is 402. The van der Waals surface area contributed by atoms with Gasteiger partial charge in [-0.3, -0.25) is 4.79 Å². The van der Waals surface area contributed by atoms with Crippen LogP contribution in [0.5, 0.6) is 0 Å². The topological polar surface area (TPSA) is 81.3 Å². The first-order valence-electron chi connectivity index (χ1n) is 5.46. The fourth-order valence-electron chi connectivity index (χ4n) is 1.32. The molecule has 0 aliphatic rings. The van der Waals surface area contributed by atoms with E-state index in [0.717, 1.165) is 12.8 Å². The summed E-state index contributed by atoms with van der Waals surface area (Å²) in [4.78, 5) is 23.1. The largest absolute Gasteiger partial charge is 0.389 e. The molecule has 0 aliphatic heterocycles. The maximum absolute atomic E-state index is 11.7. The molecule has 1 aromatic heterocycles. The molecule has 0 atom stereocenters. The predicted molar refractivity (Wildman–Crippen MR) is 61.4 cm³/mol. The van der Waals surface area contributed by atoms with E-state index in [0.29, 0.717) is 6.54 Å². The van der Waals surface area contributed by atoms with Crippen LogP contribution in [-0.4, -0.2) is 39.1 Å². The van der Waals surface area contributed by atoms with Crippen molar-refractivity contribution < 1.29 is 9.72 Å². The summed E-state index contributed by atoms with van der Waals surface area (Å²) in [6, 6.07) is 1.28. The molecule has 0 aliphatic carbocycles. The third kappa shape index (κ3) is 3.86. The molecule has 1 aromatic rings. The Hall–Kier alpha value is -1.92. The molecular formula is C10H16N4O3. The molecule has 7 heteroatoms. The molecule has 0 bridgehead atoms. The maximum Gasteiger partial charge on any atom is 0.389 e. The average Bonchev–Trinajstić information content (AvgIpc) is 2.74. The fourth-order valence-corrected chi connectivity index (χ4v) is 1.32. The quantitative estimate of drug-likeness (QED) is 0.549. The van der Waals surface area contributed by atoms with Crippen molar-refractivity contribution in [1.82, 2.24) is 14.7 Å². The van der Waals surface area contributed by atoms with Gasteiger partial charge in [0.2, 0.25) is 5.91 Å². The average molecular weight is 240 g/mol. The molecule has 0 radical (unpaired) electrons. The summed E-state index contributed by atoms with van der Waals surface area (Å²) in [6.45, 7) is 2.78. The second-order valence-electron chi connectivity index (χ2n) is 3.80. The second kappa shape index (κ2) is 5.97. The van der Waals surface area contributed by atoms with Crippen LogP contribution in [0.4, 0.5) is 5.82 Å². The van der Waals surface area contributed by atoms with E-state index in [9.17, 15) is 14.9 Å². The molecule has 94 valence electrons. The van der Waals surface area contributed by atoms with Crippen molar-refractivity contribution in [2.45, 2.75) is 26.3 Å². The highest BCUT2D eigenvalue weighted by Gasteiger charge is 2.15. The van der Waals surface area contributed by atoms with E-state index in [2.05, 4.69) is 12.0 Å². The molecule has 0 aromatic carbocycles. The number of hydrogen-bond acceptors (Lipinski definition) is 4. The molecule has 1 rings (SSSR count). The van der Waals surface area contributed by atoms with Gasteiger partial charge in [-0.1, -0.05) is 13.3 Å². The van der Waals surface area contributed by atoms with E-state index in [1.807, 2.05) is 0 Å². The van der Waals surface area contributed by atoms with Gasteiger partial charge in [0.25, 0.3) is 0 Å². The molecule has 7 nitrogen and oxygen atoms in total. The lowest BCUT2D eigenvalue weighted by Gasteiger charge is -2.15. The van der Waals surface area contributed by atoms with Crippen LogP contribution in [0.1, 0.15) is 19.8 Å². The molecule has 0 spiro atoms. The van der Waals surface area contributed by atoms with Gasteiger partial charge in [-0.15, -0.1) is 0 Å². The third-order valence-electron chi connectivity index (χ3n) is 2.38. The Kier molecular flexibility index (Phi) is 4.62. The third-order valence-corrected chi connectivity index (χ3v) is 2.38. The highest BCUT2D eigenvalue weighted by atomic mass is 16.6. The van der Waals surface area contributed by atoms with Crippen LogP contribution in [0.15, 0.2) is 12.3 Å². The minimum atomic E-state index is -0.582. The van der Waals surface area contributed by atoms with Crippen molar-refractivity contribution in [2.24, 2.45) is 0 Å². The van der Waals surface area contributed by atoms with Gasteiger partial charge in [0.05, 0.1) is 17.4 Å². The first-order chi connectivity index (χ1) is 8.04. The van der Waals surface area contributed by atoms with Crippen LogP contribution >= 0.6 is 0 Å². The summed E-state index contributed by atoms with van der Waals surface area (Å²) >= 11 is 0. The van der Waals surface area contributed by atoms with Crippen molar-refractivity contribution in [2.75, 3.05) is 13.6 Å². The standard InChI is InChI=1S/C10H16N4O3/c1-3-4-6-12(2)10(15)8-13-7-5-9(11-13)14(16)17/h5,7H,3-4,6,8H2,1-2H3. The SMILES string of the molecule is CCCCN(C)C(=O)Cn1ccc([N+](=O)[O-])n1. The lowest BCUT2D eigenvalue weighted by Crippen LogP contribution is -2.31. The van der Waals surface area contributed by atoms with Gasteiger partial charge in [0.15, 0.2) is 0 Å². The summed E-state index contributed by atoms with van der Waals surface area (Å²) in [5, 5.41) is 14.1. The Balaban J connectivity index is 2.52. The van der Waals surface area contributed by atoms with Gasteiger partial charge in [-0.2, -0.15) is 4.68 Å². The zero-order chi connectivity index (χ0) is 12.8. The zero-order valence-electron chi connectivity index (χ0n) is 10.00. The van der Waals surface area contributed by atoms with Crippen LogP contribution in [0.3, 0.4) is 0 Å². The lowest BCUT2D eigenvalue weighted by molar-refractivity contribution is -0.389. The van der Waals surface area contributed by atoms with E-state index in [4.69, 9.17) is 0 Å². The van der Waals surface area contributed by atoms with Crippen LogP contribution in [0, 0.1) is 10.1 Å². The number of rotatable bonds is 6. The molecule has 0 saturated carbocycles. The van der Waals surface area contributed by atoms with E-state index >= 15 is 0 Å². The molecule has 0 saturated heterocycles. The number of nitro groups is 1. The monoisotopic (exact) mass is 240 g/mol. The van der Waals surface area contributed by atoms with Crippen LogP contribution < -0.4 is 0 Å². The van der Waals surface area contributed by atoms with Crippen molar-refractivity contribution in [1.29, 1.82) is 0 Å². The molecule has 1 heterocycles. The number of aromatic nitrogens is 2. The summed E-state index contributed by atoms with van der Waals surface area (Å²) in [5.74, 6) is -0.342. The maximum atomic E-state index is 11.7. The Morgan fingerprint density at radius 3 is 2.88 bits per heavy atom. The highest BCUT2D eigenvalue weighted by Crippen LogP contribution is 2.05.